The van der Waals surface area contributed by atoms with Gasteiger partial charge in [-0.3, -0.25) is 0 Å². The van der Waals surface area contributed by atoms with E-state index < -0.39 is 0 Å². The van der Waals surface area contributed by atoms with Crippen molar-refractivity contribution in [2.75, 3.05) is 14.1 Å². The Labute approximate surface area is 104 Å². The third kappa shape index (κ3) is 2.80. The first-order chi connectivity index (χ1) is 7.77. The highest BCUT2D eigenvalue weighted by molar-refractivity contribution is 8.80. The van der Waals surface area contributed by atoms with Crippen LogP contribution in [0.25, 0.3) is 5.57 Å². The normalized spacial score (nSPS) is 17.4. The number of hydrogen-bond acceptors (Lipinski definition) is 2. The molecule has 1 aromatic carbocycles. The van der Waals surface area contributed by atoms with Crippen LogP contribution in [0.1, 0.15) is 5.56 Å². The molecule has 0 saturated carbocycles. The maximum absolute atomic E-state index is 2.22. The van der Waals surface area contributed by atoms with Gasteiger partial charge in [-0.2, -0.15) is 0 Å². The molecule has 0 aromatic heterocycles. The van der Waals surface area contributed by atoms with Gasteiger partial charge in [0.1, 0.15) is 14.1 Å². The molecule has 3 heteroatoms. The van der Waals surface area contributed by atoms with Crippen molar-refractivity contribution in [3.8, 4) is 0 Å². The highest BCUT2D eigenvalue weighted by atomic mass is 33.1. The van der Waals surface area contributed by atoms with E-state index in [1.807, 2.05) is 24.9 Å². The molecule has 16 heavy (non-hydrogen) atoms. The number of nitrogens with zero attached hydrogens (tertiary/aromatic N) is 1. The third-order valence-corrected chi connectivity index (χ3v) is 4.26. The van der Waals surface area contributed by atoms with Gasteiger partial charge in [0.15, 0.2) is 6.21 Å². The molecule has 1 nitrogen and oxygen atoms in total. The Kier molecular flexibility index (Phi) is 3.91. The van der Waals surface area contributed by atoms with E-state index in [1.165, 1.54) is 16.0 Å². The fourth-order valence-corrected chi connectivity index (χ4v) is 3.54. The fourth-order valence-electron chi connectivity index (χ4n) is 1.39. The summed E-state index contributed by atoms with van der Waals surface area (Å²) in [5.74, 6) is 0. The minimum atomic E-state index is 1.29. The first-order valence-electron chi connectivity index (χ1n) is 5.08. The summed E-state index contributed by atoms with van der Waals surface area (Å²) in [5.41, 5.74) is 2.62. The molecule has 1 heterocycles. The Morgan fingerprint density at radius 1 is 1.12 bits per heavy atom. The minimum Gasteiger partial charge on any atom is -0.241 e. The molecule has 1 aliphatic heterocycles. The van der Waals surface area contributed by atoms with Crippen molar-refractivity contribution in [1.82, 2.24) is 0 Å². The largest absolute Gasteiger partial charge is 0.241 e. The average Bonchev–Trinajstić information content (AvgIpc) is 2.75. The fraction of sp³-hybridized carbons (Fsp3) is 0.154. The van der Waals surface area contributed by atoms with Gasteiger partial charge in [0.25, 0.3) is 0 Å². The average molecular weight is 248 g/mol. The Morgan fingerprint density at radius 2 is 1.88 bits per heavy atom. The topological polar surface area (TPSA) is 3.01 Å². The van der Waals surface area contributed by atoms with Gasteiger partial charge in [-0.25, -0.2) is 4.58 Å². The molecule has 0 unspecified atom stereocenters. The molecular weight excluding hydrogens is 234 g/mol. The summed E-state index contributed by atoms with van der Waals surface area (Å²) in [4.78, 5) is 1.32. The molecule has 0 saturated heterocycles. The van der Waals surface area contributed by atoms with Crippen LogP contribution in [-0.4, -0.2) is 24.9 Å². The Hall–Kier alpha value is -0.930. The van der Waals surface area contributed by atoms with Crippen LogP contribution in [0.15, 0.2) is 46.7 Å². The van der Waals surface area contributed by atoms with Crippen molar-refractivity contribution in [1.29, 1.82) is 0 Å². The minimum absolute atomic E-state index is 1.29. The lowest BCUT2D eigenvalue weighted by Gasteiger charge is -2.02. The molecule has 0 bridgehead atoms. The van der Waals surface area contributed by atoms with Crippen LogP contribution in [-0.2, 0) is 0 Å². The number of hydrogen-bond donors (Lipinski definition) is 0. The second-order valence-electron chi connectivity index (χ2n) is 3.72. The molecule has 1 aromatic rings. The second kappa shape index (κ2) is 5.41. The molecule has 0 atom stereocenters. The highest BCUT2D eigenvalue weighted by Crippen LogP contribution is 2.47. The molecule has 2 rings (SSSR count). The van der Waals surface area contributed by atoms with Crippen molar-refractivity contribution in [3.63, 3.8) is 0 Å². The lowest BCUT2D eigenvalue weighted by atomic mass is 10.1. The van der Waals surface area contributed by atoms with Crippen LogP contribution in [0.4, 0.5) is 0 Å². The van der Waals surface area contributed by atoms with Gasteiger partial charge < -0.3 is 0 Å². The molecule has 0 spiro atoms. The molecule has 0 N–H and O–H groups in total. The smallest absolute Gasteiger partial charge is 0.164 e. The predicted octanol–water partition coefficient (Wildman–Crippen LogP) is 3.65. The van der Waals surface area contributed by atoms with E-state index in [4.69, 9.17) is 0 Å². The Morgan fingerprint density at radius 3 is 2.56 bits per heavy atom. The van der Waals surface area contributed by atoms with Gasteiger partial charge in [0.2, 0.25) is 0 Å². The molecule has 0 radical (unpaired) electrons. The van der Waals surface area contributed by atoms with Gasteiger partial charge in [0.05, 0.1) is 0 Å². The molecule has 0 aliphatic carbocycles. The SMILES string of the molecule is C[N+](C)=C/C=C1\SSC=C1c1ccccc1. The first kappa shape index (κ1) is 11.6. The zero-order chi connectivity index (χ0) is 11.4. The summed E-state index contributed by atoms with van der Waals surface area (Å²) in [6, 6.07) is 10.5. The van der Waals surface area contributed by atoms with Crippen molar-refractivity contribution < 1.29 is 4.58 Å². The van der Waals surface area contributed by atoms with Crippen LogP contribution < -0.4 is 0 Å². The number of allylic oxidation sites excluding steroid dienone is 2. The zero-order valence-corrected chi connectivity index (χ0v) is 11.0. The molecular formula is C13H14NS2+. The van der Waals surface area contributed by atoms with Crippen molar-refractivity contribution in [2.45, 2.75) is 0 Å². The summed E-state index contributed by atoms with van der Waals surface area (Å²) < 4.78 is 2.05. The van der Waals surface area contributed by atoms with Crippen molar-refractivity contribution >= 4 is 33.4 Å². The second-order valence-corrected chi connectivity index (χ2v) is 5.83. The van der Waals surface area contributed by atoms with E-state index in [1.54, 1.807) is 10.8 Å². The zero-order valence-electron chi connectivity index (χ0n) is 9.38. The maximum Gasteiger partial charge on any atom is 0.164 e. The van der Waals surface area contributed by atoms with E-state index in [2.05, 4.69) is 52.6 Å². The van der Waals surface area contributed by atoms with Crippen LogP contribution in [0.5, 0.6) is 0 Å². The standard InChI is InChI=1S/C13H14NS2/c1-14(2)9-8-13-12(10-15-16-13)11-6-4-3-5-7-11/h3-10H,1-2H3/q+1/b13-8-. The summed E-state index contributed by atoms with van der Waals surface area (Å²) in [6.07, 6.45) is 4.26. The summed E-state index contributed by atoms with van der Waals surface area (Å²) in [5, 5.41) is 2.22. The number of rotatable bonds is 2. The van der Waals surface area contributed by atoms with Gasteiger partial charge in [-0.05, 0) is 11.0 Å². The van der Waals surface area contributed by atoms with E-state index in [-0.39, 0.29) is 0 Å². The lowest BCUT2D eigenvalue weighted by Crippen LogP contribution is -1.96. The summed E-state index contributed by atoms with van der Waals surface area (Å²) >= 11 is 0. The first-order valence-corrected chi connectivity index (χ1v) is 7.29. The maximum atomic E-state index is 2.22. The monoisotopic (exact) mass is 248 g/mol. The van der Waals surface area contributed by atoms with Gasteiger partial charge in [0, 0.05) is 16.6 Å². The molecule has 0 amide bonds. The Bertz CT molecular complexity index is 454. The van der Waals surface area contributed by atoms with Gasteiger partial charge in [-0.1, -0.05) is 51.9 Å². The van der Waals surface area contributed by atoms with E-state index >= 15 is 0 Å². The number of benzene rings is 1. The molecule has 1 aliphatic rings. The lowest BCUT2D eigenvalue weighted by molar-refractivity contribution is -0.458. The van der Waals surface area contributed by atoms with Crippen LogP contribution in [0.2, 0.25) is 0 Å². The predicted molar refractivity (Wildman–Crippen MR) is 75.9 cm³/mol. The van der Waals surface area contributed by atoms with E-state index in [9.17, 15) is 0 Å². The third-order valence-electron chi connectivity index (χ3n) is 2.18. The van der Waals surface area contributed by atoms with Crippen LogP contribution >= 0.6 is 21.6 Å². The summed E-state index contributed by atoms with van der Waals surface area (Å²) in [6.45, 7) is 0. The molecule has 0 fully saturated rings. The van der Waals surface area contributed by atoms with Crippen LogP contribution in [0.3, 0.4) is 0 Å². The van der Waals surface area contributed by atoms with E-state index in [0.717, 1.165) is 0 Å². The van der Waals surface area contributed by atoms with Gasteiger partial charge in [-0.15, -0.1) is 0 Å². The van der Waals surface area contributed by atoms with Crippen molar-refractivity contribution in [2.24, 2.45) is 0 Å². The summed E-state index contributed by atoms with van der Waals surface area (Å²) in [7, 11) is 7.67. The quantitative estimate of drug-likeness (QED) is 0.446. The molecule has 82 valence electrons. The highest BCUT2D eigenvalue weighted by Gasteiger charge is 2.14. The van der Waals surface area contributed by atoms with Gasteiger partial charge >= 0.3 is 0 Å². The van der Waals surface area contributed by atoms with Crippen molar-refractivity contribution in [3.05, 3.63) is 52.3 Å². The Balaban J connectivity index is 2.29. The van der Waals surface area contributed by atoms with Crippen LogP contribution in [0, 0.1) is 0 Å². The van der Waals surface area contributed by atoms with E-state index in [0.29, 0.717) is 0 Å².